The number of aryl methyl sites for hydroxylation is 1. The third-order valence-corrected chi connectivity index (χ3v) is 2.62. The van der Waals surface area contributed by atoms with Crippen LogP contribution in [0.25, 0.3) is 0 Å². The van der Waals surface area contributed by atoms with Crippen LogP contribution in [0.15, 0.2) is 18.2 Å². The first kappa shape index (κ1) is 12.2. The normalized spacial score (nSPS) is 10.3. The van der Waals surface area contributed by atoms with E-state index in [4.69, 9.17) is 11.6 Å². The first-order valence-corrected chi connectivity index (χ1v) is 5.47. The number of Topliss-reactive ketones (excluding diaryl/α,β-unsaturated/α-hetero) is 1. The number of ketones is 1. The molecule has 0 fully saturated rings. The minimum Gasteiger partial charge on any atom is -0.300 e. The Kier molecular flexibility index (Phi) is 4.76. The zero-order chi connectivity index (χ0) is 11.3. The van der Waals surface area contributed by atoms with Crippen molar-refractivity contribution in [3.63, 3.8) is 0 Å². The average Bonchev–Trinajstić information content (AvgIpc) is 2.24. The van der Waals surface area contributed by atoms with Gasteiger partial charge in [-0.3, -0.25) is 4.79 Å². The Bertz CT molecular complexity index is 349. The van der Waals surface area contributed by atoms with Crippen LogP contribution < -0.4 is 0 Å². The van der Waals surface area contributed by atoms with E-state index >= 15 is 0 Å². The summed E-state index contributed by atoms with van der Waals surface area (Å²) < 4.78 is 13.4. The summed E-state index contributed by atoms with van der Waals surface area (Å²) in [5.74, 6) is -0.138. The molecular weight excluding hydrogens is 215 g/mol. The van der Waals surface area contributed by atoms with E-state index < -0.39 is 0 Å². The molecule has 0 saturated heterocycles. The van der Waals surface area contributed by atoms with Crippen molar-refractivity contribution in [1.82, 2.24) is 0 Å². The highest BCUT2D eigenvalue weighted by Gasteiger charge is 2.06. The van der Waals surface area contributed by atoms with Crippen molar-refractivity contribution in [2.45, 2.75) is 32.6 Å². The van der Waals surface area contributed by atoms with Crippen molar-refractivity contribution in [3.8, 4) is 0 Å². The lowest BCUT2D eigenvalue weighted by atomic mass is 10.1. The molecular formula is C12H14ClFO. The van der Waals surface area contributed by atoms with Gasteiger partial charge in [-0.05, 0) is 24.5 Å². The second-order valence-electron chi connectivity index (χ2n) is 3.46. The number of hydrogen-bond acceptors (Lipinski definition) is 1. The maximum Gasteiger partial charge on any atom is 0.144 e. The van der Waals surface area contributed by atoms with E-state index in [2.05, 4.69) is 0 Å². The third kappa shape index (κ3) is 3.63. The van der Waals surface area contributed by atoms with E-state index in [1.54, 1.807) is 12.1 Å². The van der Waals surface area contributed by atoms with E-state index in [1.165, 1.54) is 6.07 Å². The maximum absolute atomic E-state index is 13.4. The van der Waals surface area contributed by atoms with Gasteiger partial charge in [0.1, 0.15) is 11.6 Å². The van der Waals surface area contributed by atoms with E-state index in [0.717, 1.165) is 0 Å². The van der Waals surface area contributed by atoms with Gasteiger partial charge in [-0.15, -0.1) is 0 Å². The molecule has 3 heteroatoms. The maximum atomic E-state index is 13.4. The standard InChI is InChI=1S/C12H14ClFO/c1-2-10(15)7-3-5-9-6-4-8-11(13)12(9)14/h4,6,8H,2-3,5,7H2,1H3. The van der Waals surface area contributed by atoms with E-state index in [9.17, 15) is 9.18 Å². The highest BCUT2D eigenvalue weighted by Crippen LogP contribution is 2.19. The fourth-order valence-corrected chi connectivity index (χ4v) is 1.59. The van der Waals surface area contributed by atoms with Gasteiger partial charge in [-0.2, -0.15) is 0 Å². The summed E-state index contributed by atoms with van der Waals surface area (Å²) in [6.45, 7) is 1.84. The Labute approximate surface area is 94.3 Å². The third-order valence-electron chi connectivity index (χ3n) is 2.33. The Morgan fingerprint density at radius 2 is 2.20 bits per heavy atom. The van der Waals surface area contributed by atoms with E-state index in [0.29, 0.717) is 31.2 Å². The van der Waals surface area contributed by atoms with Gasteiger partial charge in [0.25, 0.3) is 0 Å². The van der Waals surface area contributed by atoms with Crippen LogP contribution in [0.1, 0.15) is 31.7 Å². The molecule has 1 rings (SSSR count). The molecule has 0 aliphatic heterocycles. The Balaban J connectivity index is 2.51. The summed E-state index contributed by atoms with van der Waals surface area (Å²) in [6, 6.07) is 4.96. The fourth-order valence-electron chi connectivity index (χ4n) is 1.39. The number of carbonyl (C=O) groups is 1. The van der Waals surface area contributed by atoms with Gasteiger partial charge < -0.3 is 0 Å². The lowest BCUT2D eigenvalue weighted by Crippen LogP contribution is -1.98. The molecule has 0 spiro atoms. The van der Waals surface area contributed by atoms with Crippen molar-refractivity contribution in [2.24, 2.45) is 0 Å². The van der Waals surface area contributed by atoms with Gasteiger partial charge in [0, 0.05) is 12.8 Å². The number of halogens is 2. The van der Waals surface area contributed by atoms with Crippen molar-refractivity contribution in [2.75, 3.05) is 0 Å². The Hall–Kier alpha value is -0.890. The predicted molar refractivity (Wildman–Crippen MR) is 59.6 cm³/mol. The molecule has 0 aliphatic carbocycles. The van der Waals surface area contributed by atoms with Gasteiger partial charge in [-0.25, -0.2) is 4.39 Å². The van der Waals surface area contributed by atoms with Gasteiger partial charge in [0.2, 0.25) is 0 Å². The monoisotopic (exact) mass is 228 g/mol. The molecule has 82 valence electrons. The second-order valence-corrected chi connectivity index (χ2v) is 3.87. The summed E-state index contributed by atoms with van der Waals surface area (Å²) in [6.07, 6.45) is 2.32. The molecule has 1 aromatic carbocycles. The molecule has 0 amide bonds. The summed E-state index contributed by atoms with van der Waals surface area (Å²) in [5.41, 5.74) is 0.589. The summed E-state index contributed by atoms with van der Waals surface area (Å²) in [4.78, 5) is 11.0. The largest absolute Gasteiger partial charge is 0.300 e. The molecule has 0 N–H and O–H groups in total. The van der Waals surface area contributed by atoms with Crippen LogP contribution in [0.3, 0.4) is 0 Å². The van der Waals surface area contributed by atoms with E-state index in [-0.39, 0.29) is 16.6 Å². The SMILES string of the molecule is CCC(=O)CCCc1cccc(Cl)c1F. The lowest BCUT2D eigenvalue weighted by molar-refractivity contribution is -0.118. The van der Waals surface area contributed by atoms with E-state index in [1.807, 2.05) is 6.92 Å². The topological polar surface area (TPSA) is 17.1 Å². The molecule has 0 saturated carbocycles. The first-order valence-electron chi connectivity index (χ1n) is 5.09. The molecule has 15 heavy (non-hydrogen) atoms. The zero-order valence-electron chi connectivity index (χ0n) is 8.72. The van der Waals surface area contributed by atoms with Crippen LogP contribution in [-0.4, -0.2) is 5.78 Å². The molecule has 0 radical (unpaired) electrons. The van der Waals surface area contributed by atoms with Crippen molar-refractivity contribution >= 4 is 17.4 Å². The fraction of sp³-hybridized carbons (Fsp3) is 0.417. The minimum atomic E-state index is -0.358. The molecule has 0 bridgehead atoms. The molecule has 0 unspecified atom stereocenters. The molecule has 0 heterocycles. The Morgan fingerprint density at radius 3 is 2.87 bits per heavy atom. The zero-order valence-corrected chi connectivity index (χ0v) is 9.48. The first-order chi connectivity index (χ1) is 7.15. The van der Waals surface area contributed by atoms with Crippen LogP contribution in [0.4, 0.5) is 4.39 Å². The van der Waals surface area contributed by atoms with Crippen LogP contribution in [0, 0.1) is 5.82 Å². The van der Waals surface area contributed by atoms with Crippen molar-refractivity contribution in [3.05, 3.63) is 34.6 Å². The molecule has 0 aromatic heterocycles. The minimum absolute atomic E-state index is 0.148. The molecule has 0 atom stereocenters. The Morgan fingerprint density at radius 1 is 1.47 bits per heavy atom. The van der Waals surface area contributed by atoms with Crippen LogP contribution in [0.2, 0.25) is 5.02 Å². The summed E-state index contributed by atoms with van der Waals surface area (Å²) in [5, 5.41) is 0.148. The number of carbonyl (C=O) groups excluding carboxylic acids is 1. The molecule has 1 nitrogen and oxygen atoms in total. The quantitative estimate of drug-likeness (QED) is 0.750. The van der Waals surface area contributed by atoms with Gasteiger partial charge >= 0.3 is 0 Å². The number of benzene rings is 1. The van der Waals surface area contributed by atoms with Gasteiger partial charge in [0.15, 0.2) is 0 Å². The number of hydrogen-bond donors (Lipinski definition) is 0. The van der Waals surface area contributed by atoms with Gasteiger partial charge in [-0.1, -0.05) is 30.7 Å². The molecule has 1 aromatic rings. The van der Waals surface area contributed by atoms with Crippen molar-refractivity contribution < 1.29 is 9.18 Å². The highest BCUT2D eigenvalue weighted by molar-refractivity contribution is 6.30. The summed E-state index contributed by atoms with van der Waals surface area (Å²) in [7, 11) is 0. The lowest BCUT2D eigenvalue weighted by Gasteiger charge is -2.03. The van der Waals surface area contributed by atoms with Crippen LogP contribution in [0.5, 0.6) is 0 Å². The average molecular weight is 229 g/mol. The van der Waals surface area contributed by atoms with Crippen LogP contribution >= 0.6 is 11.6 Å². The molecule has 0 aliphatic rings. The number of rotatable bonds is 5. The smallest absolute Gasteiger partial charge is 0.144 e. The van der Waals surface area contributed by atoms with Crippen molar-refractivity contribution in [1.29, 1.82) is 0 Å². The predicted octanol–water partition coefficient (Wildman–Crippen LogP) is 3.78. The van der Waals surface area contributed by atoms with Gasteiger partial charge in [0.05, 0.1) is 5.02 Å². The summed E-state index contributed by atoms with van der Waals surface area (Å²) >= 11 is 5.64. The second kappa shape index (κ2) is 5.86. The van der Waals surface area contributed by atoms with Crippen LogP contribution in [-0.2, 0) is 11.2 Å². The highest BCUT2D eigenvalue weighted by atomic mass is 35.5.